The van der Waals surface area contributed by atoms with E-state index in [1.165, 1.54) is 36.4 Å². The Balaban J connectivity index is 1.66. The van der Waals surface area contributed by atoms with Crippen molar-refractivity contribution in [3.63, 3.8) is 0 Å². The monoisotopic (exact) mass is 393 g/mol. The number of rotatable bonds is 6. The van der Waals surface area contributed by atoms with Crippen LogP contribution in [0, 0.1) is 5.82 Å². The van der Waals surface area contributed by atoms with E-state index in [9.17, 15) is 17.6 Å². The molecule has 3 rings (SSSR count). The summed E-state index contributed by atoms with van der Waals surface area (Å²) in [6.07, 6.45) is 1.64. The summed E-state index contributed by atoms with van der Waals surface area (Å²) in [5.74, 6) is -1.05. The molecule has 0 saturated carbocycles. The van der Waals surface area contributed by atoms with Crippen LogP contribution in [0.4, 0.5) is 15.8 Å². The van der Waals surface area contributed by atoms with E-state index in [1.54, 1.807) is 0 Å². The molecule has 1 heterocycles. The molecule has 0 spiro atoms. The van der Waals surface area contributed by atoms with Gasteiger partial charge in [0, 0.05) is 18.7 Å². The average molecular weight is 393 g/mol. The van der Waals surface area contributed by atoms with Crippen LogP contribution in [-0.2, 0) is 14.8 Å². The molecule has 2 aromatic rings. The van der Waals surface area contributed by atoms with Gasteiger partial charge in [-0.2, -0.15) is 0 Å². The van der Waals surface area contributed by atoms with Gasteiger partial charge in [-0.15, -0.1) is 0 Å². The fourth-order valence-corrected chi connectivity index (χ4v) is 3.77. The Bertz CT molecular complexity index is 926. The molecule has 1 atom stereocenters. The molecule has 0 bridgehead atoms. The zero-order chi connectivity index (χ0) is 19.4. The van der Waals surface area contributed by atoms with Gasteiger partial charge in [-0.1, -0.05) is 0 Å². The molecule has 1 aliphatic heterocycles. The molecule has 9 heteroatoms. The smallest absolute Gasteiger partial charge is 0.255 e. The summed E-state index contributed by atoms with van der Waals surface area (Å²) in [6, 6.07) is 9.08. The van der Waals surface area contributed by atoms with Gasteiger partial charge in [-0.3, -0.25) is 4.79 Å². The van der Waals surface area contributed by atoms with Crippen molar-refractivity contribution in [2.75, 3.05) is 24.2 Å². The van der Waals surface area contributed by atoms with Crippen molar-refractivity contribution in [2.45, 2.75) is 23.8 Å². The number of carbonyl (C=O) groups excluding carboxylic acids is 1. The molecule has 1 aliphatic rings. The highest BCUT2D eigenvalue weighted by molar-refractivity contribution is 7.89. The second kappa shape index (κ2) is 8.03. The second-order valence-corrected chi connectivity index (χ2v) is 7.96. The molecule has 1 fully saturated rings. The van der Waals surface area contributed by atoms with E-state index in [1.807, 2.05) is 0 Å². The zero-order valence-corrected chi connectivity index (χ0v) is 15.3. The van der Waals surface area contributed by atoms with E-state index in [2.05, 4.69) is 10.0 Å². The number of ether oxygens (including phenoxy) is 1. The largest absolute Gasteiger partial charge is 0.397 e. The predicted octanol–water partition coefficient (Wildman–Crippen LogP) is 2.12. The number of hydrogen-bond acceptors (Lipinski definition) is 5. The average Bonchev–Trinajstić information content (AvgIpc) is 3.17. The van der Waals surface area contributed by atoms with Gasteiger partial charge in [0.25, 0.3) is 5.91 Å². The minimum absolute atomic E-state index is 0.0438. The van der Waals surface area contributed by atoms with Gasteiger partial charge in [-0.05, 0) is 55.3 Å². The summed E-state index contributed by atoms with van der Waals surface area (Å²) < 4.78 is 45.8. The van der Waals surface area contributed by atoms with Crippen LogP contribution >= 0.6 is 0 Å². The number of nitrogens with one attached hydrogen (secondary N) is 2. The van der Waals surface area contributed by atoms with Crippen LogP contribution in [0.25, 0.3) is 0 Å². The van der Waals surface area contributed by atoms with Gasteiger partial charge in [-0.25, -0.2) is 17.5 Å². The Kier molecular flexibility index (Phi) is 5.73. The third-order valence-electron chi connectivity index (χ3n) is 4.22. The summed E-state index contributed by atoms with van der Waals surface area (Å²) in [6.45, 7) is 0.857. The van der Waals surface area contributed by atoms with Gasteiger partial charge < -0.3 is 15.8 Å². The summed E-state index contributed by atoms with van der Waals surface area (Å²) in [4.78, 5) is 12.3. The number of hydrogen-bond donors (Lipinski definition) is 3. The molecule has 1 amide bonds. The van der Waals surface area contributed by atoms with E-state index in [4.69, 9.17) is 10.5 Å². The number of amides is 1. The molecule has 0 aliphatic carbocycles. The summed E-state index contributed by atoms with van der Waals surface area (Å²) in [5.41, 5.74) is 6.29. The van der Waals surface area contributed by atoms with Crippen molar-refractivity contribution in [3.8, 4) is 0 Å². The maximum atomic E-state index is 13.3. The quantitative estimate of drug-likeness (QED) is 0.651. The molecule has 1 saturated heterocycles. The number of sulfonamides is 1. The number of benzene rings is 2. The van der Waals surface area contributed by atoms with Crippen molar-refractivity contribution in [3.05, 3.63) is 53.8 Å². The van der Waals surface area contributed by atoms with Crippen LogP contribution in [0.5, 0.6) is 0 Å². The van der Waals surface area contributed by atoms with Crippen LogP contribution in [0.3, 0.4) is 0 Å². The standard InChI is InChI=1S/C18H20FN3O4S/c19-13-5-8-16(20)17(10-13)22-18(23)12-3-6-15(7-4-12)27(24,25)21-11-14-2-1-9-26-14/h3-8,10,14,21H,1-2,9,11,20H2,(H,22,23). The molecule has 27 heavy (non-hydrogen) atoms. The minimum atomic E-state index is -3.69. The van der Waals surface area contributed by atoms with Crippen LogP contribution in [0.2, 0.25) is 0 Å². The maximum Gasteiger partial charge on any atom is 0.255 e. The van der Waals surface area contributed by atoms with Gasteiger partial charge in [0.1, 0.15) is 5.82 Å². The van der Waals surface area contributed by atoms with E-state index in [-0.39, 0.29) is 34.5 Å². The lowest BCUT2D eigenvalue weighted by Crippen LogP contribution is -2.31. The first-order valence-corrected chi connectivity index (χ1v) is 9.91. The number of halogens is 1. The van der Waals surface area contributed by atoms with Gasteiger partial charge in [0.2, 0.25) is 10.0 Å². The van der Waals surface area contributed by atoms with Gasteiger partial charge in [0.05, 0.1) is 22.4 Å². The van der Waals surface area contributed by atoms with Gasteiger partial charge >= 0.3 is 0 Å². The third-order valence-corrected chi connectivity index (χ3v) is 5.65. The molecule has 2 aromatic carbocycles. The molecule has 4 N–H and O–H groups in total. The second-order valence-electron chi connectivity index (χ2n) is 6.20. The number of nitrogens with two attached hydrogens (primary N) is 1. The summed E-state index contributed by atoms with van der Waals surface area (Å²) >= 11 is 0. The third kappa shape index (κ3) is 4.82. The Morgan fingerprint density at radius 1 is 1.22 bits per heavy atom. The molecule has 7 nitrogen and oxygen atoms in total. The van der Waals surface area contributed by atoms with Crippen LogP contribution in [-0.4, -0.2) is 33.6 Å². The topological polar surface area (TPSA) is 111 Å². The molecular formula is C18H20FN3O4S. The highest BCUT2D eigenvalue weighted by atomic mass is 32.2. The lowest BCUT2D eigenvalue weighted by atomic mass is 10.2. The van der Waals surface area contributed by atoms with Crippen molar-refractivity contribution in [1.29, 1.82) is 0 Å². The number of carbonyl (C=O) groups is 1. The number of nitrogen functional groups attached to an aromatic ring is 1. The van der Waals surface area contributed by atoms with Crippen molar-refractivity contribution < 1.29 is 22.3 Å². The first-order chi connectivity index (χ1) is 12.8. The Morgan fingerprint density at radius 3 is 2.63 bits per heavy atom. The normalized spacial score (nSPS) is 17.0. The molecule has 144 valence electrons. The Hall–Kier alpha value is -2.49. The first kappa shape index (κ1) is 19.3. The zero-order valence-electron chi connectivity index (χ0n) is 14.4. The van der Waals surface area contributed by atoms with E-state index in [0.717, 1.165) is 18.9 Å². The molecule has 1 unspecified atom stereocenters. The van der Waals surface area contributed by atoms with Crippen molar-refractivity contribution >= 4 is 27.3 Å². The highest BCUT2D eigenvalue weighted by Gasteiger charge is 2.20. The van der Waals surface area contributed by atoms with Crippen molar-refractivity contribution in [1.82, 2.24) is 4.72 Å². The molecule has 0 aromatic heterocycles. The maximum absolute atomic E-state index is 13.3. The fraction of sp³-hybridized carbons (Fsp3) is 0.278. The summed E-state index contributed by atoms with van der Waals surface area (Å²) in [7, 11) is -3.69. The molecule has 0 radical (unpaired) electrons. The van der Waals surface area contributed by atoms with E-state index < -0.39 is 21.7 Å². The van der Waals surface area contributed by atoms with E-state index in [0.29, 0.717) is 6.61 Å². The SMILES string of the molecule is Nc1ccc(F)cc1NC(=O)c1ccc(S(=O)(=O)NCC2CCCO2)cc1. The summed E-state index contributed by atoms with van der Waals surface area (Å²) in [5, 5.41) is 2.50. The fourth-order valence-electron chi connectivity index (χ4n) is 2.71. The Morgan fingerprint density at radius 2 is 1.96 bits per heavy atom. The van der Waals surface area contributed by atoms with Crippen LogP contribution in [0.15, 0.2) is 47.4 Å². The first-order valence-electron chi connectivity index (χ1n) is 8.43. The Labute approximate surface area is 156 Å². The van der Waals surface area contributed by atoms with Gasteiger partial charge in [0.15, 0.2) is 0 Å². The predicted molar refractivity (Wildman–Crippen MR) is 99.4 cm³/mol. The van der Waals surface area contributed by atoms with Crippen LogP contribution < -0.4 is 15.8 Å². The van der Waals surface area contributed by atoms with E-state index >= 15 is 0 Å². The highest BCUT2D eigenvalue weighted by Crippen LogP contribution is 2.20. The van der Waals surface area contributed by atoms with Crippen LogP contribution in [0.1, 0.15) is 23.2 Å². The molecular weight excluding hydrogens is 373 g/mol. The lowest BCUT2D eigenvalue weighted by molar-refractivity contribution is 0.102. The lowest BCUT2D eigenvalue weighted by Gasteiger charge is -2.12. The minimum Gasteiger partial charge on any atom is -0.397 e. The van der Waals surface area contributed by atoms with Crippen molar-refractivity contribution in [2.24, 2.45) is 0 Å². The number of anilines is 2.